The molecule has 0 atom stereocenters. The Morgan fingerprint density at radius 3 is 2.83 bits per heavy atom. The fraction of sp³-hybridized carbons (Fsp3) is 0.273. The Kier molecular flexibility index (Phi) is 4.76. The van der Waals surface area contributed by atoms with Crippen molar-refractivity contribution in [3.63, 3.8) is 0 Å². The quantitative estimate of drug-likeness (QED) is 0.244. The van der Waals surface area contributed by atoms with Gasteiger partial charge in [-0.1, -0.05) is 23.4 Å². The van der Waals surface area contributed by atoms with E-state index in [0.29, 0.717) is 39.0 Å². The maximum atomic E-state index is 12.5. The van der Waals surface area contributed by atoms with Crippen LogP contribution in [0.3, 0.4) is 0 Å². The smallest absolute Gasteiger partial charge is 0.229 e. The molecule has 0 amide bonds. The highest BCUT2D eigenvalue weighted by Crippen LogP contribution is 2.35. The molecule has 30 heavy (non-hydrogen) atoms. The average Bonchev–Trinajstić information content (AvgIpc) is 3.08. The summed E-state index contributed by atoms with van der Waals surface area (Å²) in [7, 11) is 0. The highest BCUT2D eigenvalue weighted by molar-refractivity contribution is 8.00. The van der Waals surface area contributed by atoms with Gasteiger partial charge in [-0.05, 0) is 44.2 Å². The van der Waals surface area contributed by atoms with Crippen LogP contribution in [-0.4, -0.2) is 32.1 Å². The SMILES string of the molecule is CC1(C)Cc2nc3oc4c(SCC(=O)c5ccc(Cl)cc5)ncnc4c3cc2CO1. The molecule has 6 nitrogen and oxygen atoms in total. The fourth-order valence-corrected chi connectivity index (χ4v) is 4.47. The van der Waals surface area contributed by atoms with Crippen LogP contribution in [0.25, 0.3) is 22.2 Å². The zero-order chi connectivity index (χ0) is 20.9. The number of aromatic nitrogens is 3. The lowest BCUT2D eigenvalue weighted by Crippen LogP contribution is -2.32. The summed E-state index contributed by atoms with van der Waals surface area (Å²) in [6.45, 7) is 4.62. The van der Waals surface area contributed by atoms with Crippen molar-refractivity contribution in [2.24, 2.45) is 0 Å². The minimum absolute atomic E-state index is 0.00694. The molecule has 0 saturated heterocycles. The van der Waals surface area contributed by atoms with Gasteiger partial charge in [-0.3, -0.25) is 4.79 Å². The van der Waals surface area contributed by atoms with Gasteiger partial charge in [-0.2, -0.15) is 0 Å². The van der Waals surface area contributed by atoms with Gasteiger partial charge in [0.15, 0.2) is 11.4 Å². The number of carbonyl (C=O) groups excluding carboxylic acids is 1. The van der Waals surface area contributed by atoms with Gasteiger partial charge in [-0.25, -0.2) is 15.0 Å². The fourth-order valence-electron chi connectivity index (χ4n) is 3.52. The number of halogens is 1. The van der Waals surface area contributed by atoms with Crippen LogP contribution in [-0.2, 0) is 17.8 Å². The van der Waals surface area contributed by atoms with Crippen LogP contribution >= 0.6 is 23.4 Å². The normalized spacial score (nSPS) is 15.4. The molecule has 5 rings (SSSR count). The van der Waals surface area contributed by atoms with E-state index in [0.717, 1.165) is 23.1 Å². The summed E-state index contributed by atoms with van der Waals surface area (Å²) in [6.07, 6.45) is 2.21. The second-order valence-corrected chi connectivity index (χ2v) is 9.25. The summed E-state index contributed by atoms with van der Waals surface area (Å²) in [5, 5.41) is 2.05. The van der Waals surface area contributed by atoms with Gasteiger partial charge in [0.2, 0.25) is 5.71 Å². The van der Waals surface area contributed by atoms with Crippen molar-refractivity contribution in [3.05, 3.63) is 58.5 Å². The standard InChI is InChI=1S/C22H18ClN3O3S/c1-22(2)8-16-13(9-28-22)7-15-18-19(29-20(15)26-16)21(25-11-24-18)30-10-17(27)12-3-5-14(23)6-4-12/h3-7,11H,8-10H2,1-2H3. The zero-order valence-electron chi connectivity index (χ0n) is 16.4. The highest BCUT2D eigenvalue weighted by atomic mass is 35.5. The van der Waals surface area contributed by atoms with Crippen LogP contribution in [0, 0.1) is 0 Å². The Morgan fingerprint density at radius 1 is 1.23 bits per heavy atom. The third-order valence-corrected chi connectivity index (χ3v) is 6.32. The number of furan rings is 1. The van der Waals surface area contributed by atoms with Crippen molar-refractivity contribution in [2.45, 2.75) is 37.5 Å². The van der Waals surface area contributed by atoms with Crippen molar-refractivity contribution in [1.29, 1.82) is 0 Å². The topological polar surface area (TPSA) is 78.1 Å². The van der Waals surface area contributed by atoms with Crippen molar-refractivity contribution < 1.29 is 13.9 Å². The van der Waals surface area contributed by atoms with Crippen molar-refractivity contribution >= 4 is 51.3 Å². The Hall–Kier alpha value is -2.48. The van der Waals surface area contributed by atoms with Crippen LogP contribution in [0.2, 0.25) is 5.02 Å². The summed E-state index contributed by atoms with van der Waals surface area (Å²) in [5.74, 6) is 0.226. The summed E-state index contributed by atoms with van der Waals surface area (Å²) >= 11 is 7.22. The lowest BCUT2D eigenvalue weighted by atomic mass is 9.95. The first-order valence-electron chi connectivity index (χ1n) is 9.51. The Labute approximate surface area is 182 Å². The molecule has 1 aromatic carbocycles. The van der Waals surface area contributed by atoms with Crippen LogP contribution in [0.15, 0.2) is 46.1 Å². The predicted octanol–water partition coefficient (Wildman–Crippen LogP) is 5.25. The minimum Gasteiger partial charge on any atom is -0.433 e. The van der Waals surface area contributed by atoms with Gasteiger partial charge in [0.1, 0.15) is 16.9 Å². The number of hydrogen-bond donors (Lipinski definition) is 0. The van der Waals surface area contributed by atoms with Gasteiger partial charge in [-0.15, -0.1) is 0 Å². The maximum Gasteiger partial charge on any atom is 0.229 e. The number of Topliss-reactive ketones (excluding diaryl/α,β-unsaturated/α-hetero) is 1. The first-order valence-corrected chi connectivity index (χ1v) is 10.9. The molecule has 3 aromatic heterocycles. The number of hydrogen-bond acceptors (Lipinski definition) is 7. The minimum atomic E-state index is -0.247. The van der Waals surface area contributed by atoms with Crippen LogP contribution in [0.5, 0.6) is 0 Å². The molecule has 0 N–H and O–H groups in total. The molecular weight excluding hydrogens is 422 g/mol. The van der Waals surface area contributed by atoms with E-state index in [1.54, 1.807) is 24.3 Å². The molecule has 0 radical (unpaired) electrons. The van der Waals surface area contributed by atoms with Crippen molar-refractivity contribution in [3.8, 4) is 0 Å². The van der Waals surface area contributed by atoms with E-state index in [1.807, 2.05) is 6.07 Å². The lowest BCUT2D eigenvalue weighted by Gasteiger charge is -2.30. The van der Waals surface area contributed by atoms with E-state index < -0.39 is 0 Å². The Balaban J connectivity index is 1.47. The van der Waals surface area contributed by atoms with Crippen molar-refractivity contribution in [2.75, 3.05) is 5.75 Å². The van der Waals surface area contributed by atoms with Crippen molar-refractivity contribution in [1.82, 2.24) is 15.0 Å². The molecule has 8 heteroatoms. The third kappa shape index (κ3) is 3.57. The summed E-state index contributed by atoms with van der Waals surface area (Å²) in [4.78, 5) is 26.0. The monoisotopic (exact) mass is 439 g/mol. The second-order valence-electron chi connectivity index (χ2n) is 7.85. The number of fused-ring (bicyclic) bond motifs is 4. The molecule has 4 aromatic rings. The van der Waals surface area contributed by atoms with Crippen LogP contribution in [0.4, 0.5) is 0 Å². The number of benzene rings is 1. The number of carbonyl (C=O) groups is 1. The Morgan fingerprint density at radius 2 is 2.03 bits per heavy atom. The van der Waals surface area contributed by atoms with Gasteiger partial charge < -0.3 is 9.15 Å². The molecule has 0 spiro atoms. The zero-order valence-corrected chi connectivity index (χ0v) is 18.0. The number of nitrogens with zero attached hydrogens (tertiary/aromatic N) is 3. The predicted molar refractivity (Wildman–Crippen MR) is 116 cm³/mol. The van der Waals surface area contributed by atoms with E-state index in [4.69, 9.17) is 25.7 Å². The van der Waals surface area contributed by atoms with E-state index in [1.165, 1.54) is 18.1 Å². The molecule has 0 bridgehead atoms. The number of ether oxygens (including phenoxy) is 1. The first-order chi connectivity index (χ1) is 14.4. The average molecular weight is 440 g/mol. The summed E-state index contributed by atoms with van der Waals surface area (Å²) in [6, 6.07) is 8.90. The molecule has 152 valence electrons. The summed E-state index contributed by atoms with van der Waals surface area (Å²) < 4.78 is 12.0. The van der Waals surface area contributed by atoms with Gasteiger partial charge in [0.05, 0.1) is 29.0 Å². The van der Waals surface area contributed by atoms with E-state index in [9.17, 15) is 4.79 Å². The van der Waals surface area contributed by atoms with Crippen LogP contribution in [0.1, 0.15) is 35.5 Å². The number of ketones is 1. The summed E-state index contributed by atoms with van der Waals surface area (Å²) in [5.41, 5.74) is 4.18. The molecular formula is C22H18ClN3O3S. The van der Waals surface area contributed by atoms with Crippen LogP contribution < -0.4 is 0 Å². The molecule has 1 aliphatic heterocycles. The van der Waals surface area contributed by atoms with Gasteiger partial charge in [0, 0.05) is 22.6 Å². The van der Waals surface area contributed by atoms with E-state index in [-0.39, 0.29) is 17.1 Å². The second kappa shape index (κ2) is 7.34. The number of rotatable bonds is 4. The third-order valence-electron chi connectivity index (χ3n) is 5.10. The highest BCUT2D eigenvalue weighted by Gasteiger charge is 2.28. The number of pyridine rings is 1. The van der Waals surface area contributed by atoms with Gasteiger partial charge >= 0.3 is 0 Å². The molecule has 0 aliphatic carbocycles. The maximum absolute atomic E-state index is 12.5. The van der Waals surface area contributed by atoms with E-state index in [2.05, 4.69) is 23.8 Å². The molecule has 0 saturated carbocycles. The Bertz CT molecular complexity index is 1280. The lowest BCUT2D eigenvalue weighted by molar-refractivity contribution is -0.0411. The molecule has 1 aliphatic rings. The molecule has 0 unspecified atom stereocenters. The van der Waals surface area contributed by atoms with Gasteiger partial charge in [0.25, 0.3) is 0 Å². The molecule has 4 heterocycles. The largest absolute Gasteiger partial charge is 0.433 e. The van der Waals surface area contributed by atoms with E-state index >= 15 is 0 Å². The first kappa shape index (κ1) is 19.5. The number of thioether (sulfide) groups is 1. The molecule has 0 fully saturated rings.